The van der Waals surface area contributed by atoms with Crippen molar-refractivity contribution in [1.29, 1.82) is 0 Å². The van der Waals surface area contributed by atoms with Crippen molar-refractivity contribution in [3.8, 4) is 0 Å². The monoisotopic (exact) mass is 339 g/mol. The number of carbonyl (C=O) groups is 1. The van der Waals surface area contributed by atoms with Gasteiger partial charge in [0.2, 0.25) is 0 Å². The van der Waals surface area contributed by atoms with Crippen LogP contribution in [0.25, 0.3) is 0 Å². The van der Waals surface area contributed by atoms with Crippen LogP contribution in [-0.2, 0) is 16.0 Å². The maximum absolute atomic E-state index is 12.9. The van der Waals surface area contributed by atoms with Gasteiger partial charge in [0.05, 0.1) is 12.8 Å². The van der Waals surface area contributed by atoms with Gasteiger partial charge >= 0.3 is 5.97 Å². The van der Waals surface area contributed by atoms with E-state index in [1.54, 1.807) is 0 Å². The highest BCUT2D eigenvalue weighted by molar-refractivity contribution is 5.73. The number of hydrogen-bond donors (Lipinski definition) is 0. The Hall–Kier alpha value is -1.76. The number of rotatable bonds is 7. The lowest BCUT2D eigenvalue weighted by Crippen LogP contribution is -2.49. The van der Waals surface area contributed by atoms with Gasteiger partial charge in [-0.1, -0.05) is 13.8 Å². The van der Waals surface area contributed by atoms with Crippen LogP contribution in [0.2, 0.25) is 0 Å². The van der Waals surface area contributed by atoms with Crippen molar-refractivity contribution in [2.45, 2.75) is 45.8 Å². The molecule has 0 bridgehead atoms. The van der Waals surface area contributed by atoms with Gasteiger partial charge in [0.15, 0.2) is 6.04 Å². The highest BCUT2D eigenvalue weighted by Crippen LogP contribution is 2.18. The molecule has 1 aliphatic rings. The first kappa shape index (κ1) is 18.6. The summed E-state index contributed by atoms with van der Waals surface area (Å²) in [4.78, 5) is 26.4. The van der Waals surface area contributed by atoms with Crippen LogP contribution < -0.4 is 5.56 Å². The Morgan fingerprint density at radius 2 is 2.12 bits per heavy atom. The quantitative estimate of drug-likeness (QED) is 0.705. The standard InChI is InChI=1S/C17H26FN3O3/c1-11(2)7-15(17(23)24-4)21-16(22)8-12(3)14(19-21)5-6-20-9-13(18)10-20/h8,11,13,15H,5-7,9-10H2,1-4H3. The van der Waals surface area contributed by atoms with E-state index in [1.165, 1.54) is 17.9 Å². The molecular weight excluding hydrogens is 313 g/mol. The van der Waals surface area contributed by atoms with Crippen LogP contribution in [0.4, 0.5) is 4.39 Å². The molecule has 0 spiro atoms. The lowest BCUT2D eigenvalue weighted by molar-refractivity contribution is -0.145. The molecule has 6 nitrogen and oxygen atoms in total. The Bertz CT molecular complexity index is 638. The molecule has 0 amide bonds. The summed E-state index contributed by atoms with van der Waals surface area (Å²) in [5, 5.41) is 4.43. The van der Waals surface area contributed by atoms with Gasteiger partial charge in [0.25, 0.3) is 5.56 Å². The maximum atomic E-state index is 12.9. The molecule has 0 N–H and O–H groups in total. The summed E-state index contributed by atoms with van der Waals surface area (Å²) in [7, 11) is 1.31. The second kappa shape index (κ2) is 7.88. The number of aromatic nitrogens is 2. The van der Waals surface area contributed by atoms with Crippen LogP contribution >= 0.6 is 0 Å². The number of carbonyl (C=O) groups excluding carboxylic acids is 1. The van der Waals surface area contributed by atoms with Crippen molar-refractivity contribution in [2.24, 2.45) is 5.92 Å². The smallest absolute Gasteiger partial charge is 0.330 e. The summed E-state index contributed by atoms with van der Waals surface area (Å²) >= 11 is 0. The van der Waals surface area contributed by atoms with Gasteiger partial charge in [-0.15, -0.1) is 0 Å². The molecule has 1 aliphatic heterocycles. The first-order chi connectivity index (χ1) is 11.3. The summed E-state index contributed by atoms with van der Waals surface area (Å²) in [6.45, 7) is 7.39. The van der Waals surface area contributed by atoms with E-state index in [2.05, 4.69) is 5.10 Å². The molecule has 1 fully saturated rings. The molecule has 2 rings (SSSR count). The molecule has 0 aliphatic carbocycles. The number of alkyl halides is 1. The minimum absolute atomic E-state index is 0.218. The Balaban J connectivity index is 2.22. The second-order valence-electron chi connectivity index (χ2n) is 6.83. The van der Waals surface area contributed by atoms with E-state index < -0.39 is 18.2 Å². The summed E-state index contributed by atoms with van der Waals surface area (Å²) in [5.74, 6) is -0.244. The van der Waals surface area contributed by atoms with E-state index in [0.717, 1.165) is 11.3 Å². The minimum atomic E-state index is -0.734. The normalized spacial score (nSPS) is 16.9. The number of hydrogen-bond acceptors (Lipinski definition) is 5. The van der Waals surface area contributed by atoms with E-state index in [-0.39, 0.29) is 11.5 Å². The molecule has 1 aromatic heterocycles. The fraction of sp³-hybridized carbons (Fsp3) is 0.706. The third-order valence-electron chi connectivity index (χ3n) is 4.29. The van der Waals surface area contributed by atoms with E-state index in [1.807, 2.05) is 25.7 Å². The summed E-state index contributed by atoms with van der Waals surface area (Å²) in [6, 6.07) is 0.785. The summed E-state index contributed by atoms with van der Waals surface area (Å²) in [6.07, 6.45) is 0.370. The van der Waals surface area contributed by atoms with Gasteiger partial charge in [0.1, 0.15) is 6.17 Å². The molecule has 24 heavy (non-hydrogen) atoms. The summed E-state index contributed by atoms with van der Waals surface area (Å²) in [5.41, 5.74) is 1.25. The van der Waals surface area contributed by atoms with E-state index in [4.69, 9.17) is 4.74 Å². The first-order valence-electron chi connectivity index (χ1n) is 8.35. The van der Waals surface area contributed by atoms with Crippen LogP contribution in [0, 0.1) is 12.8 Å². The lowest BCUT2D eigenvalue weighted by atomic mass is 10.0. The number of ether oxygens (including phenoxy) is 1. The van der Waals surface area contributed by atoms with Crippen molar-refractivity contribution in [3.63, 3.8) is 0 Å². The number of halogens is 1. The average molecular weight is 339 g/mol. The molecule has 0 radical (unpaired) electrons. The molecule has 134 valence electrons. The fourth-order valence-electron chi connectivity index (χ4n) is 2.90. The fourth-order valence-corrected chi connectivity index (χ4v) is 2.90. The van der Waals surface area contributed by atoms with Gasteiger partial charge in [-0.25, -0.2) is 13.9 Å². The Labute approximate surface area is 141 Å². The Kier molecular flexibility index (Phi) is 6.10. The number of likely N-dealkylation sites (tertiary alicyclic amines) is 1. The largest absolute Gasteiger partial charge is 0.467 e. The zero-order chi connectivity index (χ0) is 17.9. The third kappa shape index (κ3) is 4.41. The van der Waals surface area contributed by atoms with Gasteiger partial charge in [-0.05, 0) is 24.8 Å². The molecule has 1 unspecified atom stereocenters. The predicted molar refractivity (Wildman–Crippen MR) is 88.8 cm³/mol. The van der Waals surface area contributed by atoms with Crippen molar-refractivity contribution in [1.82, 2.24) is 14.7 Å². The van der Waals surface area contributed by atoms with Gasteiger partial charge < -0.3 is 4.74 Å². The van der Waals surface area contributed by atoms with E-state index in [9.17, 15) is 14.0 Å². The van der Waals surface area contributed by atoms with Crippen molar-refractivity contribution in [2.75, 3.05) is 26.7 Å². The van der Waals surface area contributed by atoms with Crippen molar-refractivity contribution < 1.29 is 13.9 Å². The Morgan fingerprint density at radius 3 is 2.67 bits per heavy atom. The number of methoxy groups -OCH3 is 1. The first-order valence-corrected chi connectivity index (χ1v) is 8.35. The third-order valence-corrected chi connectivity index (χ3v) is 4.29. The molecule has 7 heteroatoms. The predicted octanol–water partition coefficient (Wildman–Crippen LogP) is 1.51. The zero-order valence-corrected chi connectivity index (χ0v) is 14.8. The van der Waals surface area contributed by atoms with E-state index in [0.29, 0.717) is 32.5 Å². The highest BCUT2D eigenvalue weighted by Gasteiger charge is 2.27. The molecule has 0 aromatic carbocycles. The summed E-state index contributed by atoms with van der Waals surface area (Å²) < 4.78 is 19.0. The highest BCUT2D eigenvalue weighted by atomic mass is 19.1. The molecule has 1 atom stereocenters. The molecule has 1 aromatic rings. The SMILES string of the molecule is COC(=O)C(CC(C)C)n1nc(CCN2CC(F)C2)c(C)cc1=O. The second-order valence-corrected chi connectivity index (χ2v) is 6.83. The van der Waals surface area contributed by atoms with Crippen molar-refractivity contribution in [3.05, 3.63) is 27.7 Å². The molecule has 1 saturated heterocycles. The van der Waals surface area contributed by atoms with Crippen LogP contribution in [0.3, 0.4) is 0 Å². The minimum Gasteiger partial charge on any atom is -0.467 e. The van der Waals surface area contributed by atoms with Crippen molar-refractivity contribution >= 4 is 5.97 Å². The number of esters is 1. The number of aryl methyl sites for hydroxylation is 1. The maximum Gasteiger partial charge on any atom is 0.330 e. The van der Waals surface area contributed by atoms with E-state index >= 15 is 0 Å². The van der Waals surface area contributed by atoms with Gasteiger partial charge in [-0.3, -0.25) is 9.69 Å². The zero-order valence-electron chi connectivity index (χ0n) is 14.8. The van der Waals surface area contributed by atoms with Crippen LogP contribution in [0.1, 0.15) is 37.6 Å². The average Bonchev–Trinajstić information content (AvgIpc) is 2.49. The van der Waals surface area contributed by atoms with Crippen LogP contribution in [0.15, 0.2) is 10.9 Å². The molecular formula is C17H26FN3O3. The topological polar surface area (TPSA) is 64.4 Å². The molecule has 2 heterocycles. The number of nitrogens with zero attached hydrogens (tertiary/aromatic N) is 3. The lowest BCUT2D eigenvalue weighted by Gasteiger charge is -2.34. The van der Waals surface area contributed by atoms with Crippen LogP contribution in [0.5, 0.6) is 0 Å². The van der Waals surface area contributed by atoms with Crippen LogP contribution in [-0.4, -0.2) is 53.6 Å². The van der Waals surface area contributed by atoms with Gasteiger partial charge in [-0.2, -0.15) is 5.10 Å². The Morgan fingerprint density at radius 1 is 1.46 bits per heavy atom. The molecule has 0 saturated carbocycles. The van der Waals surface area contributed by atoms with Gasteiger partial charge in [0, 0.05) is 32.1 Å².